The number of urea groups is 1. The van der Waals surface area contributed by atoms with Crippen molar-refractivity contribution in [2.75, 3.05) is 6.61 Å². The molecule has 3 rings (SSSR count). The van der Waals surface area contributed by atoms with E-state index in [1.807, 2.05) is 17.6 Å². The van der Waals surface area contributed by atoms with Crippen LogP contribution in [0.15, 0.2) is 46.4 Å². The summed E-state index contributed by atoms with van der Waals surface area (Å²) in [6, 6.07) is 9.08. The maximum absolute atomic E-state index is 12.0. The summed E-state index contributed by atoms with van der Waals surface area (Å²) < 4.78 is 10.7. The monoisotopic (exact) mass is 368 g/mol. The average molecular weight is 368 g/mol. The molecule has 1 aliphatic heterocycles. The van der Waals surface area contributed by atoms with Crippen molar-refractivity contribution in [2.24, 2.45) is 0 Å². The van der Waals surface area contributed by atoms with Gasteiger partial charge in [0.15, 0.2) is 0 Å². The van der Waals surface area contributed by atoms with Crippen molar-refractivity contribution in [3.63, 3.8) is 0 Å². The highest BCUT2D eigenvalue weighted by atomic mass is 16.5. The zero-order valence-corrected chi connectivity index (χ0v) is 14.4. The number of nitrogens with one attached hydrogen (secondary N) is 2. The molecule has 1 aromatic heterocycles. The quantitative estimate of drug-likeness (QED) is 0.475. The third kappa shape index (κ3) is 4.12. The summed E-state index contributed by atoms with van der Waals surface area (Å²) in [6.45, 7) is 2.25. The van der Waals surface area contributed by atoms with Crippen LogP contribution in [0.1, 0.15) is 29.5 Å². The lowest BCUT2D eigenvalue weighted by Crippen LogP contribution is -2.51. The highest BCUT2D eigenvalue weighted by Crippen LogP contribution is 2.25. The molecule has 1 fully saturated rings. The van der Waals surface area contributed by atoms with E-state index in [2.05, 4.69) is 0 Å². The molecule has 8 heteroatoms. The van der Waals surface area contributed by atoms with E-state index in [1.165, 1.54) is 6.08 Å². The minimum Gasteiger partial charge on any atom is -0.462 e. The van der Waals surface area contributed by atoms with E-state index in [9.17, 15) is 19.2 Å². The van der Waals surface area contributed by atoms with Gasteiger partial charge in [-0.3, -0.25) is 20.2 Å². The van der Waals surface area contributed by atoms with Gasteiger partial charge in [0.25, 0.3) is 11.8 Å². The first-order valence-corrected chi connectivity index (χ1v) is 8.23. The molecule has 1 aliphatic rings. The fraction of sp³-hybridized carbons (Fsp3) is 0.158. The van der Waals surface area contributed by atoms with Gasteiger partial charge in [-0.05, 0) is 36.8 Å². The lowest BCUT2D eigenvalue weighted by Gasteiger charge is -2.13. The zero-order valence-electron chi connectivity index (χ0n) is 14.4. The van der Waals surface area contributed by atoms with E-state index in [0.29, 0.717) is 23.5 Å². The normalized spacial score (nSPS) is 13.8. The number of carbonyl (C=O) groups excluding carboxylic acids is 4. The number of hydrogen-bond donors (Lipinski definition) is 2. The second kappa shape index (κ2) is 7.69. The number of carbonyl (C=O) groups is 4. The first kappa shape index (κ1) is 18.1. The van der Waals surface area contributed by atoms with Crippen LogP contribution < -0.4 is 10.6 Å². The molecule has 2 heterocycles. The van der Waals surface area contributed by atoms with Gasteiger partial charge in [0, 0.05) is 5.56 Å². The number of barbiturate groups is 1. The van der Waals surface area contributed by atoms with Crippen LogP contribution in [0.2, 0.25) is 0 Å². The fourth-order valence-corrected chi connectivity index (χ4v) is 2.41. The van der Waals surface area contributed by atoms with Crippen molar-refractivity contribution >= 4 is 29.9 Å². The second-order valence-electron chi connectivity index (χ2n) is 5.71. The second-order valence-corrected chi connectivity index (χ2v) is 5.71. The van der Waals surface area contributed by atoms with E-state index in [4.69, 9.17) is 9.15 Å². The van der Waals surface area contributed by atoms with Crippen molar-refractivity contribution in [2.45, 2.75) is 13.3 Å². The first-order valence-electron chi connectivity index (χ1n) is 8.23. The molecular weight excluding hydrogens is 352 g/mol. The summed E-state index contributed by atoms with van der Waals surface area (Å²) >= 11 is 0. The molecule has 2 N–H and O–H groups in total. The molecule has 1 aromatic carbocycles. The molecular formula is C19H16N2O6. The van der Waals surface area contributed by atoms with Crippen molar-refractivity contribution in [3.8, 4) is 11.3 Å². The van der Waals surface area contributed by atoms with E-state index >= 15 is 0 Å². The van der Waals surface area contributed by atoms with Gasteiger partial charge < -0.3 is 9.15 Å². The number of rotatable bonds is 5. The number of esters is 1. The molecule has 8 nitrogen and oxygen atoms in total. The molecule has 0 radical (unpaired) electrons. The van der Waals surface area contributed by atoms with Gasteiger partial charge in [0.1, 0.15) is 17.1 Å². The van der Waals surface area contributed by atoms with Crippen molar-refractivity contribution < 1.29 is 28.3 Å². The molecule has 0 bridgehead atoms. The smallest absolute Gasteiger partial charge is 0.338 e. The van der Waals surface area contributed by atoms with Crippen molar-refractivity contribution in [1.29, 1.82) is 0 Å². The Balaban J connectivity index is 1.83. The Morgan fingerprint density at radius 2 is 1.85 bits per heavy atom. The Labute approximate surface area is 154 Å². The van der Waals surface area contributed by atoms with Crippen LogP contribution >= 0.6 is 0 Å². The Hall–Kier alpha value is -3.68. The lowest BCUT2D eigenvalue weighted by molar-refractivity contribution is -0.123. The summed E-state index contributed by atoms with van der Waals surface area (Å²) in [7, 11) is 0. The molecule has 0 unspecified atom stereocenters. The molecule has 0 spiro atoms. The van der Waals surface area contributed by atoms with E-state index in [1.54, 1.807) is 36.4 Å². The molecule has 138 valence electrons. The number of ether oxygens (including phenoxy) is 1. The molecule has 27 heavy (non-hydrogen) atoms. The highest BCUT2D eigenvalue weighted by Gasteiger charge is 2.28. The highest BCUT2D eigenvalue weighted by molar-refractivity contribution is 6.31. The molecule has 4 amide bonds. The van der Waals surface area contributed by atoms with Crippen LogP contribution in [0, 0.1) is 0 Å². The summed E-state index contributed by atoms with van der Waals surface area (Å²) in [5.74, 6) is -1.34. The van der Waals surface area contributed by atoms with Crippen LogP contribution in [0.3, 0.4) is 0 Å². The third-order valence-electron chi connectivity index (χ3n) is 3.68. The van der Waals surface area contributed by atoms with E-state index < -0.39 is 23.8 Å². The predicted molar refractivity (Wildman–Crippen MR) is 94.4 cm³/mol. The maximum atomic E-state index is 12.0. The van der Waals surface area contributed by atoms with Gasteiger partial charge in [0.2, 0.25) is 0 Å². The number of imide groups is 2. The molecule has 0 aliphatic carbocycles. The Morgan fingerprint density at radius 3 is 2.56 bits per heavy atom. The lowest BCUT2D eigenvalue weighted by atomic mass is 10.1. The Morgan fingerprint density at radius 1 is 1.11 bits per heavy atom. The molecule has 0 saturated carbocycles. The van der Waals surface area contributed by atoms with Crippen molar-refractivity contribution in [1.82, 2.24) is 10.6 Å². The van der Waals surface area contributed by atoms with Gasteiger partial charge >= 0.3 is 12.0 Å². The number of benzene rings is 1. The van der Waals surface area contributed by atoms with E-state index in [-0.39, 0.29) is 11.3 Å². The van der Waals surface area contributed by atoms with Crippen LogP contribution in [0.5, 0.6) is 0 Å². The van der Waals surface area contributed by atoms with Gasteiger partial charge in [-0.2, -0.15) is 0 Å². The first-order chi connectivity index (χ1) is 13.0. The topological polar surface area (TPSA) is 115 Å². The zero-order chi connectivity index (χ0) is 19.4. The van der Waals surface area contributed by atoms with E-state index in [0.717, 1.165) is 6.42 Å². The fourth-order valence-electron chi connectivity index (χ4n) is 2.41. The number of furan rings is 1. The molecule has 1 saturated heterocycles. The summed E-state index contributed by atoms with van der Waals surface area (Å²) in [4.78, 5) is 46.5. The summed E-state index contributed by atoms with van der Waals surface area (Å²) in [5.41, 5.74) is 0.785. The van der Waals surface area contributed by atoms with Crippen LogP contribution in [-0.2, 0) is 14.3 Å². The van der Waals surface area contributed by atoms with Gasteiger partial charge in [-0.15, -0.1) is 0 Å². The SMILES string of the molecule is CCCOC(=O)c1cccc(-c2ccc(C=C3C(=O)NC(=O)NC3=O)o2)c1. The Kier molecular flexibility index (Phi) is 5.16. The maximum Gasteiger partial charge on any atom is 0.338 e. The van der Waals surface area contributed by atoms with Crippen LogP contribution in [0.25, 0.3) is 17.4 Å². The number of amides is 4. The minimum absolute atomic E-state index is 0.243. The van der Waals surface area contributed by atoms with Gasteiger partial charge in [0.05, 0.1) is 12.2 Å². The third-order valence-corrected chi connectivity index (χ3v) is 3.68. The molecule has 0 atom stereocenters. The van der Waals surface area contributed by atoms with Gasteiger partial charge in [-0.25, -0.2) is 9.59 Å². The van der Waals surface area contributed by atoms with Crippen LogP contribution in [-0.4, -0.2) is 30.4 Å². The summed E-state index contributed by atoms with van der Waals surface area (Å²) in [5, 5.41) is 3.97. The Bertz CT molecular complexity index is 935. The summed E-state index contributed by atoms with van der Waals surface area (Å²) in [6.07, 6.45) is 1.97. The predicted octanol–water partition coefficient (Wildman–Crippen LogP) is 2.26. The number of hydrogen-bond acceptors (Lipinski definition) is 6. The largest absolute Gasteiger partial charge is 0.462 e. The van der Waals surface area contributed by atoms with Crippen molar-refractivity contribution in [3.05, 3.63) is 53.3 Å². The van der Waals surface area contributed by atoms with Crippen LogP contribution in [0.4, 0.5) is 4.79 Å². The standard InChI is InChI=1S/C19H16N2O6/c1-2-8-26-18(24)12-5-3-4-11(9-12)15-7-6-13(27-15)10-14-16(22)20-19(25)21-17(14)23/h3-7,9-10H,2,8H2,1H3,(H2,20,21,22,23,25). The van der Waals surface area contributed by atoms with Gasteiger partial charge in [-0.1, -0.05) is 19.1 Å². The average Bonchev–Trinajstić information content (AvgIpc) is 3.11. The minimum atomic E-state index is -0.867. The molecule has 2 aromatic rings.